The lowest BCUT2D eigenvalue weighted by molar-refractivity contribution is -0.131. The molecule has 0 radical (unpaired) electrons. The van der Waals surface area contributed by atoms with Crippen LogP contribution in [0.4, 0.5) is 0 Å². The number of hydrogen-bond acceptors (Lipinski definition) is 7. The summed E-state index contributed by atoms with van der Waals surface area (Å²) < 4.78 is 18.1. The van der Waals surface area contributed by atoms with Crippen molar-refractivity contribution in [3.8, 4) is 0 Å². The zero-order chi connectivity index (χ0) is 23.5. The Bertz CT molecular complexity index is 473. The van der Waals surface area contributed by atoms with E-state index in [9.17, 15) is 9.59 Å². The number of ketones is 1. The van der Waals surface area contributed by atoms with Gasteiger partial charge in [-0.15, -0.1) is 0 Å². The van der Waals surface area contributed by atoms with Gasteiger partial charge in [-0.05, 0) is 47.7 Å². The van der Waals surface area contributed by atoms with Gasteiger partial charge >= 0.3 is 8.80 Å². The number of unbranched alkanes of at least 4 members (excludes halogenated alkanes) is 7. The van der Waals surface area contributed by atoms with E-state index in [2.05, 4.69) is 6.92 Å². The molecule has 8 heteroatoms. The molecule has 6 nitrogen and oxygen atoms in total. The number of carbonyl (C=O) groups excluding carboxylic acids is 2. The SMILES string of the molecule is CCCCCCCCCCC(=O)C(=O)SCCC[Si](OCC)(OCC)OC(C)N(C)C. The Morgan fingerprint density at radius 2 is 1.42 bits per heavy atom. The molecule has 0 saturated heterocycles. The van der Waals surface area contributed by atoms with Crippen LogP contribution in [0.2, 0.25) is 6.04 Å². The van der Waals surface area contributed by atoms with Gasteiger partial charge in [0.2, 0.25) is 5.78 Å². The second-order valence-electron chi connectivity index (χ2n) is 8.12. The third-order valence-electron chi connectivity index (χ3n) is 5.15. The minimum atomic E-state index is -2.81. The van der Waals surface area contributed by atoms with E-state index in [0.717, 1.165) is 31.0 Å². The van der Waals surface area contributed by atoms with E-state index in [1.54, 1.807) is 0 Å². The summed E-state index contributed by atoms with van der Waals surface area (Å²) in [7, 11) is 1.09. The zero-order valence-electron chi connectivity index (χ0n) is 20.9. The van der Waals surface area contributed by atoms with E-state index >= 15 is 0 Å². The Labute approximate surface area is 196 Å². The van der Waals surface area contributed by atoms with Crippen molar-refractivity contribution >= 4 is 31.5 Å². The van der Waals surface area contributed by atoms with Crippen LogP contribution in [-0.4, -0.2) is 63.9 Å². The normalized spacial score (nSPS) is 13.0. The molecular weight excluding hydrogens is 430 g/mol. The van der Waals surface area contributed by atoms with Crippen molar-refractivity contribution in [2.75, 3.05) is 33.1 Å². The summed E-state index contributed by atoms with van der Waals surface area (Å²) in [4.78, 5) is 26.2. The van der Waals surface area contributed by atoms with Crippen molar-refractivity contribution < 1.29 is 22.9 Å². The molecule has 0 aliphatic carbocycles. The summed E-state index contributed by atoms with van der Waals surface area (Å²) in [5, 5.41) is -0.314. The van der Waals surface area contributed by atoms with Gasteiger partial charge in [0.05, 0.1) is 0 Å². The van der Waals surface area contributed by atoms with Gasteiger partial charge in [0.25, 0.3) is 5.12 Å². The summed E-state index contributed by atoms with van der Waals surface area (Å²) in [5.74, 6) is 0.336. The number of thioether (sulfide) groups is 1. The third kappa shape index (κ3) is 15.3. The van der Waals surface area contributed by atoms with Gasteiger partial charge in [-0.2, -0.15) is 0 Å². The molecule has 0 aliphatic rings. The maximum Gasteiger partial charge on any atom is 0.502 e. The molecule has 1 atom stereocenters. The zero-order valence-corrected chi connectivity index (χ0v) is 22.7. The van der Waals surface area contributed by atoms with Gasteiger partial charge in [-0.1, -0.05) is 63.6 Å². The number of nitrogens with zero attached hydrogens (tertiary/aromatic N) is 1. The molecule has 0 fully saturated rings. The van der Waals surface area contributed by atoms with Crippen molar-refractivity contribution in [3.05, 3.63) is 0 Å². The van der Waals surface area contributed by atoms with Crippen molar-refractivity contribution in [1.82, 2.24) is 4.90 Å². The molecule has 184 valence electrons. The quantitative estimate of drug-likeness (QED) is 0.0913. The van der Waals surface area contributed by atoms with Crippen molar-refractivity contribution in [2.24, 2.45) is 0 Å². The van der Waals surface area contributed by atoms with Gasteiger partial charge in [-0.25, -0.2) is 0 Å². The lowest BCUT2D eigenvalue weighted by Crippen LogP contribution is -2.50. The van der Waals surface area contributed by atoms with Crippen LogP contribution in [0.1, 0.15) is 91.9 Å². The molecule has 0 spiro atoms. The summed E-state index contributed by atoms with van der Waals surface area (Å²) in [6.07, 6.45) is 10.4. The van der Waals surface area contributed by atoms with E-state index in [-0.39, 0.29) is 17.1 Å². The molecule has 0 aromatic heterocycles. The van der Waals surface area contributed by atoms with Gasteiger partial charge in [0.15, 0.2) is 0 Å². The van der Waals surface area contributed by atoms with E-state index in [0.29, 0.717) is 37.9 Å². The molecule has 1 unspecified atom stereocenters. The highest BCUT2D eigenvalue weighted by atomic mass is 32.2. The highest BCUT2D eigenvalue weighted by Gasteiger charge is 2.42. The topological polar surface area (TPSA) is 65.1 Å². The number of rotatable bonds is 21. The minimum Gasteiger partial charge on any atom is -0.374 e. The largest absolute Gasteiger partial charge is 0.502 e. The highest BCUT2D eigenvalue weighted by molar-refractivity contribution is 8.15. The molecule has 0 rings (SSSR count). The molecule has 0 aliphatic heterocycles. The fraction of sp³-hybridized carbons (Fsp3) is 0.913. The Balaban J connectivity index is 4.22. The van der Waals surface area contributed by atoms with Gasteiger partial charge in [0, 0.05) is 31.4 Å². The van der Waals surface area contributed by atoms with Crippen molar-refractivity contribution in [3.63, 3.8) is 0 Å². The Morgan fingerprint density at radius 1 is 0.871 bits per heavy atom. The molecule has 0 saturated carbocycles. The summed E-state index contributed by atoms with van der Waals surface area (Å²) in [6.45, 7) is 9.11. The van der Waals surface area contributed by atoms with Crippen LogP contribution in [-0.2, 0) is 22.9 Å². The fourth-order valence-corrected chi connectivity index (χ4v) is 7.01. The maximum atomic E-state index is 12.1. The summed E-state index contributed by atoms with van der Waals surface area (Å²) in [6, 6.07) is 0.638. The first-order valence-electron chi connectivity index (χ1n) is 12.1. The van der Waals surface area contributed by atoms with E-state index in [4.69, 9.17) is 13.3 Å². The van der Waals surface area contributed by atoms with Crippen LogP contribution >= 0.6 is 11.8 Å². The predicted octanol–water partition coefficient (Wildman–Crippen LogP) is 5.67. The van der Waals surface area contributed by atoms with Gasteiger partial charge < -0.3 is 13.3 Å². The molecule has 0 amide bonds. The minimum absolute atomic E-state index is 0.118. The standard InChI is InChI=1S/C23H47NO5SSi/c1-7-10-11-12-13-14-15-16-18-22(25)23(26)30-19-17-20-31(27-8-2,28-9-3)29-21(4)24(5)6/h21H,7-20H2,1-6H3. The summed E-state index contributed by atoms with van der Waals surface area (Å²) >= 11 is 1.12. The molecule has 0 N–H and O–H groups in total. The molecule has 31 heavy (non-hydrogen) atoms. The Hall–Kier alpha value is -0.253. The smallest absolute Gasteiger partial charge is 0.374 e. The summed E-state index contributed by atoms with van der Waals surface area (Å²) in [5.41, 5.74) is 0. The van der Waals surface area contributed by atoms with Crippen molar-refractivity contribution in [2.45, 2.75) is 104 Å². The molecule has 0 bridgehead atoms. The fourth-order valence-electron chi connectivity index (χ4n) is 3.17. The van der Waals surface area contributed by atoms with Gasteiger partial charge in [-0.3, -0.25) is 14.5 Å². The second-order valence-corrected chi connectivity index (χ2v) is 11.9. The number of Topliss-reactive ketones (excluding diaryl/α,β-unsaturated/α-hetero) is 1. The third-order valence-corrected chi connectivity index (χ3v) is 9.26. The predicted molar refractivity (Wildman–Crippen MR) is 132 cm³/mol. The van der Waals surface area contributed by atoms with Crippen LogP contribution in [0.3, 0.4) is 0 Å². The Kier molecular flexibility index (Phi) is 19.1. The van der Waals surface area contributed by atoms with E-state index in [1.807, 2.05) is 39.8 Å². The van der Waals surface area contributed by atoms with Crippen LogP contribution in [0.25, 0.3) is 0 Å². The lowest BCUT2D eigenvalue weighted by atomic mass is 10.1. The first kappa shape index (κ1) is 30.7. The molecule has 0 heterocycles. The highest BCUT2D eigenvalue weighted by Crippen LogP contribution is 2.23. The lowest BCUT2D eigenvalue weighted by Gasteiger charge is -2.34. The van der Waals surface area contributed by atoms with E-state index < -0.39 is 8.80 Å². The number of carbonyl (C=O) groups is 2. The molecule has 0 aromatic carbocycles. The second kappa shape index (κ2) is 19.2. The first-order chi connectivity index (χ1) is 14.8. The van der Waals surface area contributed by atoms with Crippen LogP contribution in [0.15, 0.2) is 0 Å². The van der Waals surface area contributed by atoms with Crippen LogP contribution in [0, 0.1) is 0 Å². The monoisotopic (exact) mass is 477 g/mol. The molecular formula is C23H47NO5SSi. The number of hydrogen-bond donors (Lipinski definition) is 0. The first-order valence-corrected chi connectivity index (χ1v) is 15.1. The Morgan fingerprint density at radius 3 is 1.94 bits per heavy atom. The van der Waals surface area contributed by atoms with Gasteiger partial charge in [0.1, 0.15) is 6.23 Å². The average molecular weight is 478 g/mol. The molecule has 0 aromatic rings. The van der Waals surface area contributed by atoms with Crippen LogP contribution in [0.5, 0.6) is 0 Å². The average Bonchev–Trinajstić information content (AvgIpc) is 2.73. The van der Waals surface area contributed by atoms with Crippen LogP contribution < -0.4 is 0 Å². The maximum absolute atomic E-state index is 12.1. The van der Waals surface area contributed by atoms with E-state index in [1.165, 1.54) is 32.1 Å². The van der Waals surface area contributed by atoms with Crippen molar-refractivity contribution in [1.29, 1.82) is 0 Å².